The van der Waals surface area contributed by atoms with Crippen molar-refractivity contribution in [3.05, 3.63) is 12.7 Å². The molecule has 0 rings (SSSR count). The molecule has 12 heavy (non-hydrogen) atoms. The average Bonchev–Trinajstić information content (AvgIpc) is 2.05. The van der Waals surface area contributed by atoms with Crippen LogP contribution >= 0.6 is 24.4 Å². The Balaban J connectivity index is 3.85. The fraction of sp³-hybridized carbons (Fsp3) is 0.500. The van der Waals surface area contributed by atoms with Gasteiger partial charge in [0.2, 0.25) is 0 Å². The largest absolute Gasteiger partial charge is 0.264 e. The lowest BCUT2D eigenvalue weighted by Crippen LogP contribution is -1.98. The van der Waals surface area contributed by atoms with Crippen LogP contribution in [-0.2, 0) is 0 Å². The molecule has 0 saturated carbocycles. The quantitative estimate of drug-likeness (QED) is 0.424. The average molecular weight is 202 g/mol. The maximum atomic E-state index is 4.25. The highest BCUT2D eigenvalue weighted by atomic mass is 32.2. The topological polar surface area (TPSA) is 24.7 Å². The van der Waals surface area contributed by atoms with Crippen molar-refractivity contribution in [1.82, 2.24) is 0 Å². The summed E-state index contributed by atoms with van der Waals surface area (Å²) in [6.07, 6.45) is 3.27. The molecular formula is C8H14N2S2. The second-order valence-corrected chi connectivity index (χ2v) is 4.05. The van der Waals surface area contributed by atoms with Crippen LogP contribution in [-0.4, -0.2) is 29.4 Å². The Hall–Kier alpha value is -0.220. The van der Waals surface area contributed by atoms with Crippen LogP contribution in [0.3, 0.4) is 0 Å². The molecule has 0 aliphatic heterocycles. The van der Waals surface area contributed by atoms with Crippen LogP contribution in [0, 0.1) is 0 Å². The summed E-state index contributed by atoms with van der Waals surface area (Å²) in [6, 6.07) is 0. The molecule has 0 bridgehead atoms. The lowest BCUT2D eigenvalue weighted by molar-refractivity contribution is 1.15. The van der Waals surface area contributed by atoms with Crippen molar-refractivity contribution >= 4 is 35.8 Å². The summed E-state index contributed by atoms with van der Waals surface area (Å²) < 4.78 is 0. The van der Waals surface area contributed by atoms with Crippen molar-refractivity contribution in [1.29, 1.82) is 0 Å². The lowest BCUT2D eigenvalue weighted by atomic mass is 10.6. The lowest BCUT2D eigenvalue weighted by Gasteiger charge is -2.01. The zero-order chi connectivity index (χ0) is 9.40. The third-order valence-electron chi connectivity index (χ3n) is 0.935. The molecule has 0 heterocycles. The maximum Gasteiger partial charge on any atom is 0.182 e. The van der Waals surface area contributed by atoms with Crippen molar-refractivity contribution < 1.29 is 0 Å². The number of amidine groups is 1. The van der Waals surface area contributed by atoms with E-state index in [1.807, 2.05) is 6.92 Å². The molecule has 0 aliphatic rings. The van der Waals surface area contributed by atoms with E-state index in [0.29, 0.717) is 5.25 Å². The first-order valence-electron chi connectivity index (χ1n) is 3.63. The van der Waals surface area contributed by atoms with E-state index in [1.54, 1.807) is 31.1 Å². The summed E-state index contributed by atoms with van der Waals surface area (Å²) in [5.74, 6) is 0.921. The van der Waals surface area contributed by atoms with Crippen molar-refractivity contribution in [2.24, 2.45) is 9.98 Å². The van der Waals surface area contributed by atoms with Crippen molar-refractivity contribution in [3.8, 4) is 0 Å². The molecule has 0 saturated heterocycles. The number of hydrogen-bond donors (Lipinski definition) is 1. The number of hydrogen-bond acceptors (Lipinski definition) is 3. The Kier molecular flexibility index (Phi) is 7.29. The van der Waals surface area contributed by atoms with Gasteiger partial charge in [-0.1, -0.05) is 31.3 Å². The van der Waals surface area contributed by atoms with Crippen molar-refractivity contribution in [2.45, 2.75) is 12.2 Å². The minimum atomic E-state index is 0.366. The summed E-state index contributed by atoms with van der Waals surface area (Å²) in [6.45, 7) is 5.58. The molecule has 0 fully saturated rings. The summed E-state index contributed by atoms with van der Waals surface area (Å²) in [7, 11) is 1.73. The molecule has 1 atom stereocenters. The number of allylic oxidation sites excluding steroid dienone is 1. The van der Waals surface area contributed by atoms with Crippen LogP contribution in [0.15, 0.2) is 22.6 Å². The van der Waals surface area contributed by atoms with Crippen LogP contribution < -0.4 is 0 Å². The SMILES string of the molecule is C=C/C=N\C(=NC)SCC(C)S. The second kappa shape index (κ2) is 7.43. The third kappa shape index (κ3) is 6.49. The predicted octanol–water partition coefficient (Wildman–Crippen LogP) is 2.28. The van der Waals surface area contributed by atoms with Crippen LogP contribution in [0.5, 0.6) is 0 Å². The standard InChI is InChI=1S/C8H14N2S2/c1-4-5-10-8(9-3)12-6-7(2)11/h4-5,7,11H,1,6H2,2-3H3/b9-8?,10-5-. The van der Waals surface area contributed by atoms with E-state index in [1.165, 1.54) is 0 Å². The van der Waals surface area contributed by atoms with Gasteiger partial charge in [-0.25, -0.2) is 4.99 Å². The first kappa shape index (κ1) is 11.8. The molecule has 4 heteroatoms. The molecule has 0 amide bonds. The molecule has 1 unspecified atom stereocenters. The smallest absolute Gasteiger partial charge is 0.182 e. The second-order valence-electron chi connectivity index (χ2n) is 2.18. The fourth-order valence-corrected chi connectivity index (χ4v) is 1.35. The zero-order valence-electron chi connectivity index (χ0n) is 7.40. The molecule has 0 aromatic heterocycles. The highest BCUT2D eigenvalue weighted by Crippen LogP contribution is 2.09. The number of nitrogens with zero attached hydrogens (tertiary/aromatic N) is 2. The van der Waals surface area contributed by atoms with Gasteiger partial charge < -0.3 is 0 Å². The molecule has 0 aromatic carbocycles. The molecule has 0 aliphatic carbocycles. The van der Waals surface area contributed by atoms with E-state index >= 15 is 0 Å². The van der Waals surface area contributed by atoms with Crippen LogP contribution in [0.4, 0.5) is 0 Å². The highest BCUT2D eigenvalue weighted by molar-refractivity contribution is 8.14. The van der Waals surface area contributed by atoms with E-state index in [9.17, 15) is 0 Å². The minimum Gasteiger partial charge on any atom is -0.264 e. The Morgan fingerprint density at radius 3 is 2.83 bits per heavy atom. The molecule has 0 spiro atoms. The Morgan fingerprint density at radius 2 is 2.42 bits per heavy atom. The number of rotatable bonds is 3. The first-order valence-corrected chi connectivity index (χ1v) is 5.13. The molecule has 2 nitrogen and oxygen atoms in total. The van der Waals surface area contributed by atoms with Crippen LogP contribution in [0.2, 0.25) is 0 Å². The summed E-state index contributed by atoms with van der Waals surface area (Å²) >= 11 is 5.85. The summed E-state index contributed by atoms with van der Waals surface area (Å²) in [4.78, 5) is 8.07. The number of aliphatic imine (C=N–C) groups is 2. The fourth-order valence-electron chi connectivity index (χ4n) is 0.471. The van der Waals surface area contributed by atoms with Gasteiger partial charge in [-0.05, 0) is 0 Å². The monoisotopic (exact) mass is 202 g/mol. The van der Waals surface area contributed by atoms with Gasteiger partial charge in [0.25, 0.3) is 0 Å². The Labute approximate surface area is 83.7 Å². The van der Waals surface area contributed by atoms with E-state index in [4.69, 9.17) is 0 Å². The number of thioether (sulfide) groups is 1. The van der Waals surface area contributed by atoms with E-state index in [-0.39, 0.29) is 0 Å². The Morgan fingerprint density at radius 1 is 1.75 bits per heavy atom. The van der Waals surface area contributed by atoms with Gasteiger partial charge in [0.05, 0.1) is 0 Å². The van der Waals surface area contributed by atoms with Gasteiger partial charge in [0, 0.05) is 24.3 Å². The minimum absolute atomic E-state index is 0.366. The molecule has 68 valence electrons. The van der Waals surface area contributed by atoms with Gasteiger partial charge in [0.15, 0.2) is 5.17 Å². The van der Waals surface area contributed by atoms with Gasteiger partial charge in [-0.15, -0.1) is 0 Å². The molecule has 0 radical (unpaired) electrons. The van der Waals surface area contributed by atoms with Gasteiger partial charge >= 0.3 is 0 Å². The number of thiol groups is 1. The maximum absolute atomic E-state index is 4.25. The van der Waals surface area contributed by atoms with Gasteiger partial charge in [-0.3, -0.25) is 4.99 Å². The van der Waals surface area contributed by atoms with E-state index in [0.717, 1.165) is 10.9 Å². The Bertz CT molecular complexity index is 185. The van der Waals surface area contributed by atoms with Gasteiger partial charge in [-0.2, -0.15) is 12.6 Å². The van der Waals surface area contributed by atoms with E-state index in [2.05, 4.69) is 29.2 Å². The zero-order valence-corrected chi connectivity index (χ0v) is 9.11. The molecule has 0 aromatic rings. The predicted molar refractivity (Wildman–Crippen MR) is 63.0 cm³/mol. The highest BCUT2D eigenvalue weighted by Gasteiger charge is 1.98. The summed E-state index contributed by atoms with van der Waals surface area (Å²) in [5.41, 5.74) is 0. The normalized spacial score (nSPS) is 15.1. The van der Waals surface area contributed by atoms with Crippen molar-refractivity contribution in [3.63, 3.8) is 0 Å². The molecule has 0 N–H and O–H groups in total. The van der Waals surface area contributed by atoms with E-state index < -0.39 is 0 Å². The first-order chi connectivity index (χ1) is 5.70. The van der Waals surface area contributed by atoms with Crippen LogP contribution in [0.1, 0.15) is 6.92 Å². The third-order valence-corrected chi connectivity index (χ3v) is 2.58. The van der Waals surface area contributed by atoms with Crippen molar-refractivity contribution in [2.75, 3.05) is 12.8 Å². The van der Waals surface area contributed by atoms with Crippen LogP contribution in [0.25, 0.3) is 0 Å². The molecular weight excluding hydrogens is 188 g/mol. The summed E-state index contributed by atoms with van der Waals surface area (Å²) in [5, 5.41) is 1.14. The van der Waals surface area contributed by atoms with Gasteiger partial charge in [0.1, 0.15) is 0 Å².